The van der Waals surface area contributed by atoms with Gasteiger partial charge in [-0.1, -0.05) is 46.3 Å². The lowest BCUT2D eigenvalue weighted by Crippen LogP contribution is -2.34. The maximum Gasteiger partial charge on any atom is 0.189 e. The molecule has 0 aromatic heterocycles. The molecule has 1 aromatic carbocycles. The fraction of sp³-hybridized carbons (Fsp3) is 0.357. The molecule has 3 nitrogen and oxygen atoms in total. The van der Waals surface area contributed by atoms with Crippen molar-refractivity contribution in [1.82, 2.24) is 5.32 Å². The van der Waals surface area contributed by atoms with Gasteiger partial charge in [-0.3, -0.25) is 0 Å². The van der Waals surface area contributed by atoms with E-state index in [2.05, 4.69) is 51.0 Å². The SMILES string of the molecule is C=C(C)CN=C(N)N[C@@H]1C[C@H]1c1ccccc1Br. The smallest absolute Gasteiger partial charge is 0.189 e. The first-order valence-corrected chi connectivity index (χ1v) is 6.82. The predicted octanol–water partition coefficient (Wildman–Crippen LogP) is 2.79. The highest BCUT2D eigenvalue weighted by Crippen LogP contribution is 2.43. The molecule has 96 valence electrons. The lowest BCUT2D eigenvalue weighted by molar-refractivity contribution is 0.851. The summed E-state index contributed by atoms with van der Waals surface area (Å²) in [5, 5.41) is 3.25. The van der Waals surface area contributed by atoms with Crippen LogP contribution < -0.4 is 11.1 Å². The second-order valence-corrected chi connectivity index (χ2v) is 5.63. The Morgan fingerprint density at radius 2 is 2.28 bits per heavy atom. The normalized spacial score (nSPS) is 22.7. The van der Waals surface area contributed by atoms with Crippen molar-refractivity contribution in [3.8, 4) is 0 Å². The first-order valence-electron chi connectivity index (χ1n) is 6.03. The average molecular weight is 308 g/mol. The lowest BCUT2D eigenvalue weighted by atomic mass is 10.1. The van der Waals surface area contributed by atoms with Gasteiger partial charge in [0.1, 0.15) is 0 Å². The highest BCUT2D eigenvalue weighted by molar-refractivity contribution is 9.10. The largest absolute Gasteiger partial charge is 0.370 e. The Bertz CT molecular complexity index is 482. The van der Waals surface area contributed by atoms with Crippen LogP contribution in [0.4, 0.5) is 0 Å². The number of nitrogens with zero attached hydrogens (tertiary/aromatic N) is 1. The molecule has 0 aliphatic heterocycles. The fourth-order valence-corrected chi connectivity index (χ4v) is 2.51. The van der Waals surface area contributed by atoms with Crippen molar-refractivity contribution in [1.29, 1.82) is 0 Å². The Balaban J connectivity index is 1.91. The topological polar surface area (TPSA) is 50.4 Å². The maximum atomic E-state index is 5.83. The summed E-state index contributed by atoms with van der Waals surface area (Å²) in [5.74, 6) is 1.04. The van der Waals surface area contributed by atoms with Gasteiger partial charge in [0, 0.05) is 16.4 Å². The van der Waals surface area contributed by atoms with E-state index in [0.29, 0.717) is 24.5 Å². The van der Waals surface area contributed by atoms with Crippen molar-refractivity contribution in [2.24, 2.45) is 10.7 Å². The van der Waals surface area contributed by atoms with Gasteiger partial charge >= 0.3 is 0 Å². The summed E-state index contributed by atoms with van der Waals surface area (Å²) >= 11 is 3.58. The molecule has 1 saturated carbocycles. The van der Waals surface area contributed by atoms with Crippen LogP contribution in [0.2, 0.25) is 0 Å². The molecule has 1 aliphatic carbocycles. The highest BCUT2D eigenvalue weighted by atomic mass is 79.9. The number of benzene rings is 1. The Morgan fingerprint density at radius 1 is 1.56 bits per heavy atom. The average Bonchev–Trinajstić information content (AvgIpc) is 3.06. The molecule has 0 saturated heterocycles. The molecule has 0 heterocycles. The monoisotopic (exact) mass is 307 g/mol. The van der Waals surface area contributed by atoms with Crippen LogP contribution >= 0.6 is 15.9 Å². The van der Waals surface area contributed by atoms with E-state index in [-0.39, 0.29) is 0 Å². The van der Waals surface area contributed by atoms with Crippen molar-refractivity contribution in [3.63, 3.8) is 0 Å². The van der Waals surface area contributed by atoms with Gasteiger partial charge in [-0.25, -0.2) is 4.99 Å². The summed E-state index contributed by atoms with van der Waals surface area (Å²) in [6, 6.07) is 8.72. The van der Waals surface area contributed by atoms with Crippen molar-refractivity contribution < 1.29 is 0 Å². The molecular formula is C14H18BrN3. The molecular weight excluding hydrogens is 290 g/mol. The van der Waals surface area contributed by atoms with Crippen LogP contribution in [-0.4, -0.2) is 18.5 Å². The van der Waals surface area contributed by atoms with Gasteiger partial charge in [0.25, 0.3) is 0 Å². The number of rotatable bonds is 4. The molecule has 1 aliphatic rings. The van der Waals surface area contributed by atoms with Gasteiger partial charge in [-0.15, -0.1) is 0 Å². The van der Waals surface area contributed by atoms with Gasteiger partial charge < -0.3 is 11.1 Å². The van der Waals surface area contributed by atoms with Crippen LogP contribution in [0.15, 0.2) is 45.9 Å². The van der Waals surface area contributed by atoms with Gasteiger partial charge in [0.05, 0.1) is 6.54 Å². The molecule has 2 rings (SSSR count). The lowest BCUT2D eigenvalue weighted by Gasteiger charge is -2.06. The third-order valence-electron chi connectivity index (χ3n) is 2.95. The van der Waals surface area contributed by atoms with Gasteiger partial charge in [-0.05, 0) is 25.0 Å². The minimum atomic E-state index is 0.401. The fourth-order valence-electron chi connectivity index (χ4n) is 1.93. The highest BCUT2D eigenvalue weighted by Gasteiger charge is 2.39. The Morgan fingerprint density at radius 3 is 2.94 bits per heavy atom. The maximum absolute atomic E-state index is 5.83. The molecule has 0 bridgehead atoms. The first kappa shape index (κ1) is 13.1. The molecule has 2 atom stereocenters. The minimum Gasteiger partial charge on any atom is -0.370 e. The van der Waals surface area contributed by atoms with Crippen molar-refractivity contribution in [2.75, 3.05) is 6.54 Å². The van der Waals surface area contributed by atoms with Crippen LogP contribution in [0.3, 0.4) is 0 Å². The molecule has 0 spiro atoms. The number of aliphatic imine (C=N–C) groups is 1. The summed E-state index contributed by atoms with van der Waals surface area (Å²) in [6.45, 7) is 6.33. The van der Waals surface area contributed by atoms with E-state index in [9.17, 15) is 0 Å². The molecule has 4 heteroatoms. The molecule has 0 unspecified atom stereocenters. The second-order valence-electron chi connectivity index (χ2n) is 4.77. The third-order valence-corrected chi connectivity index (χ3v) is 3.67. The number of guanidine groups is 1. The zero-order valence-corrected chi connectivity index (χ0v) is 12.1. The van der Waals surface area contributed by atoms with E-state index in [0.717, 1.165) is 16.5 Å². The third kappa shape index (κ3) is 3.35. The van der Waals surface area contributed by atoms with Gasteiger partial charge in [-0.2, -0.15) is 0 Å². The van der Waals surface area contributed by atoms with E-state index in [1.807, 2.05) is 13.0 Å². The number of halogens is 1. The minimum absolute atomic E-state index is 0.401. The van der Waals surface area contributed by atoms with Crippen molar-refractivity contribution >= 4 is 21.9 Å². The summed E-state index contributed by atoms with van der Waals surface area (Å²) < 4.78 is 1.16. The number of hydrogen-bond acceptors (Lipinski definition) is 1. The standard InChI is InChI=1S/C14H18BrN3/c1-9(2)8-17-14(16)18-13-7-11(13)10-5-3-4-6-12(10)15/h3-6,11,13H,1,7-8H2,2H3,(H3,16,17,18)/t11-,13+/m0/s1. The number of nitrogens with two attached hydrogens (primary N) is 1. The zero-order chi connectivity index (χ0) is 13.1. The van der Waals surface area contributed by atoms with Crippen LogP contribution in [0, 0.1) is 0 Å². The number of nitrogens with one attached hydrogen (secondary N) is 1. The Kier molecular flexibility index (Phi) is 4.07. The summed E-state index contributed by atoms with van der Waals surface area (Å²) in [5.41, 5.74) is 8.18. The first-order chi connectivity index (χ1) is 8.58. The van der Waals surface area contributed by atoms with Crippen LogP contribution in [0.1, 0.15) is 24.8 Å². The predicted molar refractivity (Wildman–Crippen MR) is 79.7 cm³/mol. The summed E-state index contributed by atoms with van der Waals surface area (Å²) in [7, 11) is 0. The molecule has 0 radical (unpaired) electrons. The van der Waals surface area contributed by atoms with Crippen molar-refractivity contribution in [3.05, 3.63) is 46.5 Å². The van der Waals surface area contributed by atoms with E-state index in [1.165, 1.54) is 5.56 Å². The molecule has 3 N–H and O–H groups in total. The molecule has 18 heavy (non-hydrogen) atoms. The van der Waals surface area contributed by atoms with Crippen LogP contribution in [-0.2, 0) is 0 Å². The molecule has 1 aromatic rings. The van der Waals surface area contributed by atoms with Crippen LogP contribution in [0.25, 0.3) is 0 Å². The van der Waals surface area contributed by atoms with E-state index < -0.39 is 0 Å². The Labute approximate surface area is 116 Å². The van der Waals surface area contributed by atoms with Gasteiger partial charge in [0.2, 0.25) is 0 Å². The summed E-state index contributed by atoms with van der Waals surface area (Å²) in [6.07, 6.45) is 1.10. The summed E-state index contributed by atoms with van der Waals surface area (Å²) in [4.78, 5) is 4.23. The molecule has 1 fully saturated rings. The molecule has 0 amide bonds. The zero-order valence-electron chi connectivity index (χ0n) is 10.5. The second kappa shape index (κ2) is 5.57. The Hall–Kier alpha value is -1.29. The van der Waals surface area contributed by atoms with E-state index in [1.54, 1.807) is 0 Å². The van der Waals surface area contributed by atoms with E-state index in [4.69, 9.17) is 5.73 Å². The van der Waals surface area contributed by atoms with Crippen LogP contribution in [0.5, 0.6) is 0 Å². The van der Waals surface area contributed by atoms with Crippen molar-refractivity contribution in [2.45, 2.75) is 25.3 Å². The van der Waals surface area contributed by atoms with E-state index >= 15 is 0 Å². The quantitative estimate of drug-likeness (QED) is 0.510. The number of hydrogen-bond donors (Lipinski definition) is 2. The van der Waals surface area contributed by atoms with Gasteiger partial charge in [0.15, 0.2) is 5.96 Å².